The Labute approximate surface area is 133 Å². The molecular formula is C14H12Br2FNO2. The lowest BCUT2D eigenvalue weighted by atomic mass is 10.2. The Kier molecular flexibility index (Phi) is 4.88. The fourth-order valence-electron chi connectivity index (χ4n) is 1.70. The molecule has 0 heterocycles. The molecule has 0 amide bonds. The van der Waals surface area contributed by atoms with E-state index in [2.05, 4.69) is 37.2 Å². The Balaban J connectivity index is 2.14. The highest BCUT2D eigenvalue weighted by molar-refractivity contribution is 9.10. The minimum Gasteiger partial charge on any atom is -0.503 e. The normalized spacial score (nSPS) is 10.4. The zero-order valence-corrected chi connectivity index (χ0v) is 13.8. The van der Waals surface area contributed by atoms with Gasteiger partial charge >= 0.3 is 0 Å². The van der Waals surface area contributed by atoms with Gasteiger partial charge in [-0.2, -0.15) is 0 Å². The Morgan fingerprint density at radius 3 is 2.60 bits per heavy atom. The predicted octanol–water partition coefficient (Wildman–Crippen LogP) is 4.68. The van der Waals surface area contributed by atoms with E-state index in [-0.39, 0.29) is 11.6 Å². The van der Waals surface area contributed by atoms with Gasteiger partial charge in [0.25, 0.3) is 0 Å². The van der Waals surface area contributed by atoms with Gasteiger partial charge in [-0.25, -0.2) is 4.39 Å². The number of aromatic hydroxyl groups is 1. The molecule has 2 aromatic carbocycles. The number of nitrogens with one attached hydrogen (secondary N) is 1. The highest BCUT2D eigenvalue weighted by atomic mass is 79.9. The molecule has 0 atom stereocenters. The minimum atomic E-state index is -0.320. The van der Waals surface area contributed by atoms with E-state index < -0.39 is 0 Å². The summed E-state index contributed by atoms with van der Waals surface area (Å²) in [4.78, 5) is 0. The summed E-state index contributed by atoms with van der Waals surface area (Å²) in [5, 5.41) is 12.8. The third-order valence-electron chi connectivity index (χ3n) is 2.72. The van der Waals surface area contributed by atoms with Gasteiger partial charge in [-0.15, -0.1) is 0 Å². The van der Waals surface area contributed by atoms with Crippen LogP contribution in [0, 0.1) is 5.82 Å². The first-order valence-corrected chi connectivity index (χ1v) is 7.34. The van der Waals surface area contributed by atoms with E-state index in [9.17, 15) is 9.50 Å². The van der Waals surface area contributed by atoms with Gasteiger partial charge in [-0.05, 0) is 67.8 Å². The molecule has 2 N–H and O–H groups in total. The monoisotopic (exact) mass is 403 g/mol. The maximum atomic E-state index is 13.4. The van der Waals surface area contributed by atoms with Crippen LogP contribution >= 0.6 is 31.9 Å². The van der Waals surface area contributed by atoms with Gasteiger partial charge in [-0.3, -0.25) is 0 Å². The van der Waals surface area contributed by atoms with E-state index >= 15 is 0 Å². The molecule has 20 heavy (non-hydrogen) atoms. The summed E-state index contributed by atoms with van der Waals surface area (Å²) >= 11 is 6.37. The summed E-state index contributed by atoms with van der Waals surface area (Å²) in [6, 6.07) is 8.34. The van der Waals surface area contributed by atoms with Crippen molar-refractivity contribution in [3.05, 3.63) is 50.7 Å². The summed E-state index contributed by atoms with van der Waals surface area (Å²) < 4.78 is 19.5. The highest BCUT2D eigenvalue weighted by Gasteiger charge is 2.08. The summed E-state index contributed by atoms with van der Waals surface area (Å²) in [5.74, 6) is 0.128. The molecule has 6 heteroatoms. The van der Waals surface area contributed by atoms with Crippen molar-refractivity contribution >= 4 is 37.5 Å². The molecule has 3 nitrogen and oxygen atoms in total. The van der Waals surface area contributed by atoms with Crippen LogP contribution in [-0.4, -0.2) is 12.2 Å². The maximum absolute atomic E-state index is 13.4. The number of halogens is 3. The van der Waals surface area contributed by atoms with Gasteiger partial charge in [0.1, 0.15) is 5.82 Å². The Hall–Kier alpha value is -1.27. The molecule has 2 aromatic rings. The van der Waals surface area contributed by atoms with Crippen molar-refractivity contribution in [2.45, 2.75) is 6.54 Å². The molecule has 0 unspecified atom stereocenters. The van der Waals surface area contributed by atoms with E-state index in [0.717, 1.165) is 5.56 Å². The van der Waals surface area contributed by atoms with Crippen LogP contribution in [0.3, 0.4) is 0 Å². The quantitative estimate of drug-likeness (QED) is 0.777. The van der Waals surface area contributed by atoms with Gasteiger partial charge in [0.2, 0.25) is 0 Å². The second kappa shape index (κ2) is 6.45. The fraction of sp³-hybridized carbons (Fsp3) is 0.143. The zero-order chi connectivity index (χ0) is 14.7. The number of phenolic OH excluding ortho intramolecular Hbond substituents is 1. The number of hydrogen-bond acceptors (Lipinski definition) is 3. The van der Waals surface area contributed by atoms with Crippen LogP contribution in [0.15, 0.2) is 39.3 Å². The molecule has 0 saturated heterocycles. The maximum Gasteiger partial charge on any atom is 0.172 e. The first kappa shape index (κ1) is 15.1. The van der Waals surface area contributed by atoms with Crippen LogP contribution in [0.1, 0.15) is 5.56 Å². The molecule has 0 radical (unpaired) electrons. The van der Waals surface area contributed by atoms with Gasteiger partial charge in [-0.1, -0.05) is 0 Å². The predicted molar refractivity (Wildman–Crippen MR) is 83.8 cm³/mol. The van der Waals surface area contributed by atoms with E-state index in [1.165, 1.54) is 13.2 Å². The van der Waals surface area contributed by atoms with Crippen molar-refractivity contribution in [2.24, 2.45) is 0 Å². The van der Waals surface area contributed by atoms with Crippen molar-refractivity contribution in [3.8, 4) is 11.5 Å². The first-order valence-electron chi connectivity index (χ1n) is 5.75. The largest absolute Gasteiger partial charge is 0.503 e. The lowest BCUT2D eigenvalue weighted by Crippen LogP contribution is -2.00. The SMILES string of the molecule is COc1cc(CNc2ccc(Br)c(F)c2)cc(Br)c1O. The van der Waals surface area contributed by atoms with Crippen molar-refractivity contribution < 1.29 is 14.2 Å². The Morgan fingerprint density at radius 1 is 1.20 bits per heavy atom. The molecule has 0 saturated carbocycles. The standard InChI is InChI=1S/C14H12Br2FNO2/c1-20-13-5-8(4-11(16)14(13)19)7-18-9-2-3-10(15)12(17)6-9/h2-6,18-19H,7H2,1H3. The third kappa shape index (κ3) is 3.43. The van der Waals surface area contributed by atoms with Gasteiger partial charge in [0.15, 0.2) is 11.5 Å². The molecule has 0 aliphatic heterocycles. The van der Waals surface area contributed by atoms with Crippen molar-refractivity contribution in [1.29, 1.82) is 0 Å². The zero-order valence-electron chi connectivity index (χ0n) is 10.6. The number of ether oxygens (including phenoxy) is 1. The molecule has 0 aliphatic carbocycles. The second-order valence-corrected chi connectivity index (χ2v) is 5.82. The molecule has 0 fully saturated rings. The van der Waals surface area contributed by atoms with Crippen molar-refractivity contribution in [2.75, 3.05) is 12.4 Å². The summed E-state index contributed by atoms with van der Waals surface area (Å²) in [6.45, 7) is 0.482. The number of rotatable bonds is 4. The van der Waals surface area contributed by atoms with Crippen LogP contribution in [0.5, 0.6) is 11.5 Å². The van der Waals surface area contributed by atoms with E-state index in [4.69, 9.17) is 4.74 Å². The second-order valence-electron chi connectivity index (χ2n) is 4.11. The molecule has 0 aromatic heterocycles. The molecule has 2 rings (SSSR count). The average molecular weight is 405 g/mol. The van der Waals surface area contributed by atoms with Gasteiger partial charge < -0.3 is 15.2 Å². The molecular weight excluding hydrogens is 393 g/mol. The first-order chi connectivity index (χ1) is 9.51. The van der Waals surface area contributed by atoms with Crippen LogP contribution in [0.25, 0.3) is 0 Å². The Bertz CT molecular complexity index is 635. The Morgan fingerprint density at radius 2 is 1.95 bits per heavy atom. The number of hydrogen-bond donors (Lipinski definition) is 2. The van der Waals surface area contributed by atoms with E-state index in [1.807, 2.05) is 0 Å². The lowest BCUT2D eigenvalue weighted by Gasteiger charge is -2.11. The number of phenols is 1. The third-order valence-corrected chi connectivity index (χ3v) is 3.97. The summed E-state index contributed by atoms with van der Waals surface area (Å²) in [7, 11) is 1.49. The van der Waals surface area contributed by atoms with Crippen LogP contribution < -0.4 is 10.1 Å². The average Bonchev–Trinajstić information content (AvgIpc) is 2.43. The number of anilines is 1. The van der Waals surface area contributed by atoms with Gasteiger partial charge in [0.05, 0.1) is 16.1 Å². The van der Waals surface area contributed by atoms with Crippen molar-refractivity contribution in [1.82, 2.24) is 0 Å². The van der Waals surface area contributed by atoms with Crippen molar-refractivity contribution in [3.63, 3.8) is 0 Å². The van der Waals surface area contributed by atoms with Crippen LogP contribution in [0.4, 0.5) is 10.1 Å². The fourth-order valence-corrected chi connectivity index (χ4v) is 2.43. The van der Waals surface area contributed by atoms with Crippen LogP contribution in [-0.2, 0) is 6.54 Å². The molecule has 0 aliphatic rings. The molecule has 0 bridgehead atoms. The van der Waals surface area contributed by atoms with E-state index in [1.54, 1.807) is 24.3 Å². The van der Waals surface area contributed by atoms with Crippen LogP contribution in [0.2, 0.25) is 0 Å². The highest BCUT2D eigenvalue weighted by Crippen LogP contribution is 2.35. The van der Waals surface area contributed by atoms with Gasteiger partial charge in [0, 0.05) is 12.2 Å². The van der Waals surface area contributed by atoms with E-state index in [0.29, 0.717) is 26.9 Å². The molecule has 0 spiro atoms. The summed E-state index contributed by atoms with van der Waals surface area (Å²) in [5.41, 5.74) is 1.57. The molecule has 106 valence electrons. The lowest BCUT2D eigenvalue weighted by molar-refractivity contribution is 0.371. The smallest absolute Gasteiger partial charge is 0.172 e. The number of benzene rings is 2. The topological polar surface area (TPSA) is 41.5 Å². The summed E-state index contributed by atoms with van der Waals surface area (Å²) in [6.07, 6.45) is 0. The minimum absolute atomic E-state index is 0.0611. The number of methoxy groups -OCH3 is 1.